The molecule has 1 rings (SSSR count). The molecule has 1 unspecified atom stereocenters. The van der Waals surface area contributed by atoms with Gasteiger partial charge < -0.3 is 9.47 Å². The molecule has 0 N–H and O–H groups in total. The van der Waals surface area contributed by atoms with Gasteiger partial charge in [-0.15, -0.1) is 0 Å². The highest BCUT2D eigenvalue weighted by molar-refractivity contribution is 6.35. The molecule has 0 saturated carbocycles. The Kier molecular flexibility index (Phi) is 11.0. The lowest BCUT2D eigenvalue weighted by atomic mass is 9.94. The maximum absolute atomic E-state index is 10.8. The van der Waals surface area contributed by atoms with Crippen molar-refractivity contribution in [3.63, 3.8) is 0 Å². The molecule has 0 bridgehead atoms. The third-order valence-electron chi connectivity index (χ3n) is 4.12. The van der Waals surface area contributed by atoms with Crippen LogP contribution in [-0.2, 0) is 16.0 Å². The van der Waals surface area contributed by atoms with Crippen molar-refractivity contribution in [2.75, 3.05) is 13.2 Å². The van der Waals surface area contributed by atoms with Gasteiger partial charge in [-0.05, 0) is 24.5 Å². The summed E-state index contributed by atoms with van der Waals surface area (Å²) in [5.74, 6) is 0.892. The fourth-order valence-corrected chi connectivity index (χ4v) is 3.34. The van der Waals surface area contributed by atoms with Crippen LogP contribution in [0.15, 0.2) is 12.1 Å². The topological polar surface area (TPSA) is 35.5 Å². The van der Waals surface area contributed by atoms with Gasteiger partial charge in [0.05, 0.1) is 0 Å². The van der Waals surface area contributed by atoms with Crippen LogP contribution in [-0.4, -0.2) is 19.2 Å². The predicted octanol–water partition coefficient (Wildman–Crippen LogP) is 6.47. The zero-order chi connectivity index (χ0) is 18.7. The summed E-state index contributed by atoms with van der Waals surface area (Å²) in [7, 11) is 0. The second-order valence-corrected chi connectivity index (χ2v) is 7.41. The van der Waals surface area contributed by atoms with E-state index in [-0.39, 0.29) is 19.2 Å². The van der Waals surface area contributed by atoms with Crippen LogP contribution in [0.25, 0.3) is 0 Å². The standard InChI is InChI=1S/C20H30Cl2O3/c1-4-5-6-7-8-9-15(2)12-18-19(22)13-17(21)14-20(18)25-11-10-24-16(3)23/h13-15H,4-12H2,1-3H3. The highest BCUT2D eigenvalue weighted by Crippen LogP contribution is 2.33. The average Bonchev–Trinajstić information content (AvgIpc) is 2.54. The molecule has 0 aliphatic heterocycles. The van der Waals surface area contributed by atoms with Crippen molar-refractivity contribution >= 4 is 29.2 Å². The zero-order valence-corrected chi connectivity index (χ0v) is 17.1. The first-order chi connectivity index (χ1) is 11.9. The van der Waals surface area contributed by atoms with E-state index < -0.39 is 0 Å². The van der Waals surface area contributed by atoms with E-state index in [0.29, 0.717) is 21.7 Å². The fraction of sp³-hybridized carbons (Fsp3) is 0.650. The summed E-state index contributed by atoms with van der Waals surface area (Å²) in [5.41, 5.74) is 0.981. The van der Waals surface area contributed by atoms with Crippen LogP contribution >= 0.6 is 23.2 Å². The Bertz CT molecular complexity index is 532. The maximum Gasteiger partial charge on any atom is 0.302 e. The van der Waals surface area contributed by atoms with Crippen LogP contribution in [0.3, 0.4) is 0 Å². The Morgan fingerprint density at radius 1 is 1.12 bits per heavy atom. The molecule has 0 radical (unpaired) electrons. The number of ether oxygens (including phenoxy) is 2. The van der Waals surface area contributed by atoms with Gasteiger partial charge in [0.2, 0.25) is 0 Å². The molecule has 0 aromatic heterocycles. The minimum atomic E-state index is -0.315. The van der Waals surface area contributed by atoms with E-state index in [1.165, 1.54) is 45.4 Å². The molecular weight excluding hydrogens is 359 g/mol. The number of carbonyl (C=O) groups excluding carboxylic acids is 1. The van der Waals surface area contributed by atoms with Crippen molar-refractivity contribution in [3.05, 3.63) is 27.7 Å². The van der Waals surface area contributed by atoms with Gasteiger partial charge in [0.15, 0.2) is 0 Å². The number of carbonyl (C=O) groups is 1. The molecule has 25 heavy (non-hydrogen) atoms. The van der Waals surface area contributed by atoms with Gasteiger partial charge in [0.25, 0.3) is 0 Å². The summed E-state index contributed by atoms with van der Waals surface area (Å²) in [6.07, 6.45) is 8.46. The highest BCUT2D eigenvalue weighted by atomic mass is 35.5. The molecule has 142 valence electrons. The SMILES string of the molecule is CCCCCCCC(C)Cc1c(Cl)cc(Cl)cc1OCCOC(C)=O. The van der Waals surface area contributed by atoms with Crippen LogP contribution < -0.4 is 4.74 Å². The van der Waals surface area contributed by atoms with Gasteiger partial charge in [-0.1, -0.05) is 75.6 Å². The van der Waals surface area contributed by atoms with E-state index in [1.54, 1.807) is 12.1 Å². The molecule has 0 fully saturated rings. The second-order valence-electron chi connectivity index (χ2n) is 6.56. The number of benzene rings is 1. The van der Waals surface area contributed by atoms with Crippen molar-refractivity contribution in [1.82, 2.24) is 0 Å². The minimum Gasteiger partial charge on any atom is -0.490 e. The van der Waals surface area contributed by atoms with Gasteiger partial charge >= 0.3 is 5.97 Å². The van der Waals surface area contributed by atoms with E-state index in [0.717, 1.165) is 12.0 Å². The van der Waals surface area contributed by atoms with Gasteiger partial charge in [0, 0.05) is 22.5 Å². The molecule has 5 heteroatoms. The molecule has 1 atom stereocenters. The zero-order valence-electron chi connectivity index (χ0n) is 15.6. The molecule has 3 nitrogen and oxygen atoms in total. The van der Waals surface area contributed by atoms with Crippen LogP contribution in [0.2, 0.25) is 10.0 Å². The maximum atomic E-state index is 10.8. The number of unbranched alkanes of at least 4 members (excludes halogenated alkanes) is 4. The first-order valence-corrected chi connectivity index (χ1v) is 9.93. The monoisotopic (exact) mass is 388 g/mol. The van der Waals surface area contributed by atoms with Crippen molar-refractivity contribution < 1.29 is 14.3 Å². The Morgan fingerprint density at radius 3 is 2.52 bits per heavy atom. The smallest absolute Gasteiger partial charge is 0.302 e. The Morgan fingerprint density at radius 2 is 1.84 bits per heavy atom. The number of hydrogen-bond acceptors (Lipinski definition) is 3. The van der Waals surface area contributed by atoms with E-state index in [9.17, 15) is 4.79 Å². The molecule has 0 amide bonds. The first kappa shape index (κ1) is 22.1. The fourth-order valence-electron chi connectivity index (χ4n) is 2.79. The van der Waals surface area contributed by atoms with Crippen LogP contribution in [0.5, 0.6) is 5.75 Å². The predicted molar refractivity (Wildman–Crippen MR) is 105 cm³/mol. The van der Waals surface area contributed by atoms with Crippen molar-refractivity contribution in [3.8, 4) is 5.75 Å². The average molecular weight is 389 g/mol. The third-order valence-corrected chi connectivity index (χ3v) is 4.67. The lowest BCUT2D eigenvalue weighted by Gasteiger charge is -2.17. The van der Waals surface area contributed by atoms with Crippen molar-refractivity contribution in [2.45, 2.75) is 65.7 Å². The molecule has 0 spiro atoms. The molecular formula is C20H30Cl2O3. The van der Waals surface area contributed by atoms with Gasteiger partial charge in [-0.2, -0.15) is 0 Å². The van der Waals surface area contributed by atoms with Crippen LogP contribution in [0, 0.1) is 5.92 Å². The molecule has 0 heterocycles. The molecule has 0 aliphatic carbocycles. The third kappa shape index (κ3) is 9.37. The van der Waals surface area contributed by atoms with Gasteiger partial charge in [-0.25, -0.2) is 0 Å². The summed E-state index contributed by atoms with van der Waals surface area (Å²) >= 11 is 12.5. The Balaban J connectivity index is 2.59. The summed E-state index contributed by atoms with van der Waals surface area (Å²) < 4.78 is 10.7. The quantitative estimate of drug-likeness (QED) is 0.303. The molecule has 0 saturated heterocycles. The van der Waals surface area contributed by atoms with Gasteiger partial charge in [-0.3, -0.25) is 4.79 Å². The minimum absolute atomic E-state index is 0.214. The lowest BCUT2D eigenvalue weighted by Crippen LogP contribution is -2.11. The van der Waals surface area contributed by atoms with E-state index in [1.807, 2.05) is 0 Å². The Hall–Kier alpha value is -0.930. The Labute approximate surface area is 162 Å². The summed E-state index contributed by atoms with van der Waals surface area (Å²) in [6, 6.07) is 3.54. The first-order valence-electron chi connectivity index (χ1n) is 9.18. The van der Waals surface area contributed by atoms with E-state index >= 15 is 0 Å². The van der Waals surface area contributed by atoms with Crippen molar-refractivity contribution in [2.24, 2.45) is 5.92 Å². The number of halogens is 2. The van der Waals surface area contributed by atoms with E-state index in [4.69, 9.17) is 32.7 Å². The molecule has 0 aliphatic rings. The summed E-state index contributed by atoms with van der Waals surface area (Å²) in [4.78, 5) is 10.8. The largest absolute Gasteiger partial charge is 0.490 e. The summed E-state index contributed by atoms with van der Waals surface area (Å²) in [6.45, 7) is 6.35. The number of rotatable bonds is 12. The summed E-state index contributed by atoms with van der Waals surface area (Å²) in [5, 5.41) is 1.18. The van der Waals surface area contributed by atoms with Crippen molar-refractivity contribution in [1.29, 1.82) is 0 Å². The molecule has 1 aromatic rings. The van der Waals surface area contributed by atoms with Gasteiger partial charge in [0.1, 0.15) is 19.0 Å². The number of esters is 1. The van der Waals surface area contributed by atoms with Crippen LogP contribution in [0.4, 0.5) is 0 Å². The lowest BCUT2D eigenvalue weighted by molar-refractivity contribution is -0.141. The second kappa shape index (κ2) is 12.4. The van der Waals surface area contributed by atoms with E-state index in [2.05, 4.69) is 13.8 Å². The highest BCUT2D eigenvalue weighted by Gasteiger charge is 2.14. The normalized spacial score (nSPS) is 12.0. The number of hydrogen-bond donors (Lipinski definition) is 0. The van der Waals surface area contributed by atoms with Crippen LogP contribution in [0.1, 0.15) is 64.9 Å². The molecule has 1 aromatic carbocycles.